The van der Waals surface area contributed by atoms with Gasteiger partial charge in [0.1, 0.15) is 6.04 Å². The van der Waals surface area contributed by atoms with Crippen LogP contribution in [0.1, 0.15) is 34.1 Å². The van der Waals surface area contributed by atoms with Crippen molar-refractivity contribution in [1.29, 1.82) is 0 Å². The number of carbonyl (C=O) groups is 1. The third-order valence-electron chi connectivity index (χ3n) is 2.37. The van der Waals surface area contributed by atoms with Gasteiger partial charge in [-0.2, -0.15) is 17.9 Å². The van der Waals surface area contributed by atoms with Crippen molar-refractivity contribution in [2.45, 2.75) is 46.2 Å². The van der Waals surface area contributed by atoms with Crippen molar-refractivity contribution >= 4 is 32.6 Å². The summed E-state index contributed by atoms with van der Waals surface area (Å²) in [6, 6.07) is -1.09. The average molecular weight is 334 g/mol. The van der Waals surface area contributed by atoms with Crippen LogP contribution in [0, 0.1) is 5.92 Å². The highest BCUT2D eigenvalue weighted by atomic mass is 32.2. The smallest absolute Gasteiger partial charge is 0.277 e. The lowest BCUT2D eigenvalue weighted by Gasteiger charge is -2.20. The van der Waals surface area contributed by atoms with Gasteiger partial charge in [-0.3, -0.25) is 4.79 Å². The Kier molecular flexibility index (Phi) is 6.72. The summed E-state index contributed by atoms with van der Waals surface area (Å²) in [6.07, 6.45) is 1.97. The Morgan fingerprint density at radius 3 is 2.43 bits per heavy atom. The summed E-state index contributed by atoms with van der Waals surface area (Å²) < 4.78 is 28.6. The molecule has 0 aliphatic heterocycles. The van der Waals surface area contributed by atoms with Gasteiger partial charge in [-0.05, 0) is 26.2 Å². The summed E-state index contributed by atoms with van der Waals surface area (Å²) in [6.45, 7) is 7.28. The number of anilines is 1. The van der Waals surface area contributed by atoms with Gasteiger partial charge in [0.2, 0.25) is 5.91 Å². The number of nitrogens with one attached hydrogen (secondary N) is 3. The second kappa shape index (κ2) is 7.83. The quantitative estimate of drug-likeness (QED) is 0.667. The molecule has 0 aliphatic carbocycles. The van der Waals surface area contributed by atoms with Crippen LogP contribution in [0.2, 0.25) is 0 Å². The standard InChI is InChI=1S/C12H22N4O3S2/c1-8(2)7-10(16-21(18,19)15-9(3)4)11(17)14-12-13-5-6-20-12/h5-6,8-10,15-16H,7H2,1-4H3,(H,13,14,17)/t10-/m1/s1. The summed E-state index contributed by atoms with van der Waals surface area (Å²) >= 11 is 1.28. The molecular formula is C12H22N4O3S2. The van der Waals surface area contributed by atoms with Gasteiger partial charge in [0.05, 0.1) is 0 Å². The lowest BCUT2D eigenvalue weighted by atomic mass is 10.0. The summed E-state index contributed by atoms with van der Waals surface area (Å²) in [5.41, 5.74) is 0. The molecular weight excluding hydrogens is 312 g/mol. The highest BCUT2D eigenvalue weighted by molar-refractivity contribution is 7.87. The fraction of sp³-hybridized carbons (Fsp3) is 0.667. The van der Waals surface area contributed by atoms with E-state index < -0.39 is 22.2 Å². The fourth-order valence-electron chi connectivity index (χ4n) is 1.69. The molecule has 0 aliphatic rings. The minimum absolute atomic E-state index is 0.166. The number of aromatic nitrogens is 1. The molecule has 0 bridgehead atoms. The third kappa shape index (κ3) is 6.98. The lowest BCUT2D eigenvalue weighted by molar-refractivity contribution is -0.118. The van der Waals surface area contributed by atoms with Crippen LogP contribution in [0.15, 0.2) is 11.6 Å². The van der Waals surface area contributed by atoms with Crippen molar-refractivity contribution in [2.75, 3.05) is 5.32 Å². The van der Waals surface area contributed by atoms with Crippen molar-refractivity contribution < 1.29 is 13.2 Å². The molecule has 1 amide bonds. The Balaban J connectivity index is 2.77. The Hall–Kier alpha value is -1.03. The molecule has 1 aromatic heterocycles. The molecule has 0 radical (unpaired) electrons. The van der Waals surface area contributed by atoms with Gasteiger partial charge in [-0.15, -0.1) is 11.3 Å². The van der Waals surface area contributed by atoms with Crippen LogP contribution in [0.3, 0.4) is 0 Å². The number of rotatable bonds is 8. The van der Waals surface area contributed by atoms with Crippen molar-refractivity contribution in [3.8, 4) is 0 Å². The van der Waals surface area contributed by atoms with Gasteiger partial charge in [0.25, 0.3) is 10.2 Å². The third-order valence-corrected chi connectivity index (χ3v) is 4.44. The molecule has 1 heterocycles. The van der Waals surface area contributed by atoms with E-state index in [2.05, 4.69) is 19.7 Å². The predicted octanol–water partition coefficient (Wildman–Crippen LogP) is 1.33. The van der Waals surface area contributed by atoms with Crippen LogP contribution in [0.5, 0.6) is 0 Å². The summed E-state index contributed by atoms with van der Waals surface area (Å²) in [5, 5.41) is 4.80. The number of thiazole rings is 1. The van der Waals surface area contributed by atoms with E-state index in [4.69, 9.17) is 0 Å². The van der Waals surface area contributed by atoms with E-state index in [-0.39, 0.29) is 12.0 Å². The molecule has 1 atom stereocenters. The molecule has 120 valence electrons. The van der Waals surface area contributed by atoms with Gasteiger partial charge < -0.3 is 5.32 Å². The van der Waals surface area contributed by atoms with Crippen LogP contribution < -0.4 is 14.8 Å². The monoisotopic (exact) mass is 334 g/mol. The van der Waals surface area contributed by atoms with E-state index in [1.54, 1.807) is 25.4 Å². The first-order valence-corrected chi connectivity index (χ1v) is 9.06. The predicted molar refractivity (Wildman–Crippen MR) is 84.3 cm³/mol. The normalized spacial score (nSPS) is 13.6. The SMILES string of the molecule is CC(C)C[C@@H](NS(=O)(=O)NC(C)C)C(=O)Nc1nccs1. The molecule has 0 unspecified atom stereocenters. The maximum absolute atomic E-state index is 12.2. The molecule has 3 N–H and O–H groups in total. The van der Waals surface area contributed by atoms with Crippen molar-refractivity contribution in [1.82, 2.24) is 14.4 Å². The number of hydrogen-bond acceptors (Lipinski definition) is 5. The van der Waals surface area contributed by atoms with Gasteiger partial charge in [0.15, 0.2) is 5.13 Å². The maximum atomic E-state index is 12.2. The van der Waals surface area contributed by atoms with Gasteiger partial charge in [-0.1, -0.05) is 13.8 Å². The minimum atomic E-state index is -3.73. The van der Waals surface area contributed by atoms with Gasteiger partial charge in [-0.25, -0.2) is 4.98 Å². The largest absolute Gasteiger partial charge is 0.301 e. The number of nitrogens with zero attached hydrogens (tertiary/aromatic N) is 1. The van der Waals surface area contributed by atoms with E-state index in [0.717, 1.165) is 0 Å². The van der Waals surface area contributed by atoms with Crippen LogP contribution in [-0.2, 0) is 15.0 Å². The second-order valence-electron chi connectivity index (χ2n) is 5.40. The topological polar surface area (TPSA) is 100 Å². The molecule has 7 nitrogen and oxygen atoms in total. The van der Waals surface area contributed by atoms with E-state index >= 15 is 0 Å². The zero-order valence-electron chi connectivity index (χ0n) is 12.6. The maximum Gasteiger partial charge on any atom is 0.277 e. The first kappa shape index (κ1) is 18.0. The highest BCUT2D eigenvalue weighted by Crippen LogP contribution is 2.13. The summed E-state index contributed by atoms with van der Waals surface area (Å²) in [5.74, 6) is -0.244. The van der Waals surface area contributed by atoms with E-state index in [9.17, 15) is 13.2 Å². The van der Waals surface area contributed by atoms with E-state index in [1.165, 1.54) is 11.3 Å². The Bertz CT molecular complexity index is 541. The molecule has 1 aromatic rings. The van der Waals surface area contributed by atoms with Crippen molar-refractivity contribution in [3.63, 3.8) is 0 Å². The number of carbonyl (C=O) groups excluding carboxylic acids is 1. The number of amides is 1. The fourth-order valence-corrected chi connectivity index (χ4v) is 3.49. The zero-order chi connectivity index (χ0) is 16.0. The molecule has 0 saturated carbocycles. The van der Waals surface area contributed by atoms with E-state index in [1.807, 2.05) is 13.8 Å². The minimum Gasteiger partial charge on any atom is -0.301 e. The summed E-state index contributed by atoms with van der Waals surface area (Å²) in [7, 11) is -3.73. The Morgan fingerprint density at radius 1 is 1.29 bits per heavy atom. The molecule has 0 fully saturated rings. The first-order valence-electron chi connectivity index (χ1n) is 6.69. The van der Waals surface area contributed by atoms with E-state index in [0.29, 0.717) is 11.6 Å². The molecule has 0 spiro atoms. The van der Waals surface area contributed by atoms with Crippen LogP contribution in [0.4, 0.5) is 5.13 Å². The van der Waals surface area contributed by atoms with Gasteiger partial charge in [0, 0.05) is 17.6 Å². The van der Waals surface area contributed by atoms with Crippen LogP contribution >= 0.6 is 11.3 Å². The Morgan fingerprint density at radius 2 is 1.95 bits per heavy atom. The molecule has 1 rings (SSSR count). The first-order chi connectivity index (χ1) is 9.69. The second-order valence-corrected chi connectivity index (χ2v) is 7.78. The molecule has 0 aromatic carbocycles. The molecule has 21 heavy (non-hydrogen) atoms. The number of hydrogen-bond donors (Lipinski definition) is 3. The molecule has 0 saturated heterocycles. The van der Waals surface area contributed by atoms with Gasteiger partial charge >= 0.3 is 0 Å². The lowest BCUT2D eigenvalue weighted by Crippen LogP contribution is -2.50. The zero-order valence-corrected chi connectivity index (χ0v) is 14.2. The average Bonchev–Trinajstić information content (AvgIpc) is 2.77. The Labute approximate surface area is 129 Å². The van der Waals surface area contributed by atoms with Crippen LogP contribution in [-0.4, -0.2) is 31.4 Å². The van der Waals surface area contributed by atoms with Crippen molar-refractivity contribution in [3.05, 3.63) is 11.6 Å². The highest BCUT2D eigenvalue weighted by Gasteiger charge is 2.26. The van der Waals surface area contributed by atoms with Crippen molar-refractivity contribution in [2.24, 2.45) is 5.92 Å². The summed E-state index contributed by atoms with van der Waals surface area (Å²) in [4.78, 5) is 16.2. The molecule has 9 heteroatoms. The van der Waals surface area contributed by atoms with Crippen LogP contribution in [0.25, 0.3) is 0 Å².